The fourth-order valence-electron chi connectivity index (χ4n) is 4.09. The van der Waals surface area contributed by atoms with E-state index in [9.17, 15) is 0 Å². The van der Waals surface area contributed by atoms with Gasteiger partial charge >= 0.3 is 0 Å². The number of hydrogen-bond acceptors (Lipinski definition) is 3. The highest BCUT2D eigenvalue weighted by Crippen LogP contribution is 2.23. The van der Waals surface area contributed by atoms with E-state index < -0.39 is 0 Å². The molecular weight excluding hydrogens is 408 g/mol. The van der Waals surface area contributed by atoms with Crippen LogP contribution in [-0.2, 0) is 13.2 Å². The molecule has 5 rings (SSSR count). The van der Waals surface area contributed by atoms with Gasteiger partial charge in [0.25, 0.3) is 0 Å². The molecule has 0 N–H and O–H groups in total. The van der Waals surface area contributed by atoms with E-state index in [4.69, 9.17) is 14.5 Å². The molecule has 33 heavy (non-hydrogen) atoms. The molecule has 0 aliphatic rings. The van der Waals surface area contributed by atoms with E-state index in [1.807, 2.05) is 30.3 Å². The van der Waals surface area contributed by atoms with Crippen molar-refractivity contribution in [1.29, 1.82) is 0 Å². The zero-order valence-electron chi connectivity index (χ0n) is 18.9. The number of hydrogen-bond donors (Lipinski definition) is 0. The minimum absolute atomic E-state index is 0.437. The van der Waals surface area contributed by atoms with Crippen molar-refractivity contribution in [3.05, 3.63) is 102 Å². The highest BCUT2D eigenvalue weighted by Gasteiger charge is 2.11. The van der Waals surface area contributed by atoms with Crippen LogP contribution in [0.1, 0.15) is 24.2 Å². The molecule has 166 valence electrons. The molecule has 0 saturated heterocycles. The monoisotopic (exact) mass is 436 g/mol. The van der Waals surface area contributed by atoms with Crippen molar-refractivity contribution in [2.45, 2.75) is 32.9 Å². The predicted molar refractivity (Wildman–Crippen MR) is 134 cm³/mol. The van der Waals surface area contributed by atoms with Gasteiger partial charge in [0, 0.05) is 6.54 Å². The first-order valence-electron chi connectivity index (χ1n) is 11.5. The lowest BCUT2D eigenvalue weighted by Crippen LogP contribution is -2.09. The van der Waals surface area contributed by atoms with Crippen molar-refractivity contribution in [2.75, 3.05) is 6.61 Å². The first-order valence-corrected chi connectivity index (χ1v) is 11.5. The summed E-state index contributed by atoms with van der Waals surface area (Å²) < 4.78 is 14.3. The molecule has 4 heteroatoms. The number of unbranched alkanes of at least 4 members (excludes halogenated alkanes) is 1. The summed E-state index contributed by atoms with van der Waals surface area (Å²) in [4.78, 5) is 4.85. The second-order valence-corrected chi connectivity index (χ2v) is 8.33. The largest absolute Gasteiger partial charge is 0.494 e. The first-order chi connectivity index (χ1) is 16.3. The van der Waals surface area contributed by atoms with Crippen molar-refractivity contribution >= 4 is 21.8 Å². The summed E-state index contributed by atoms with van der Waals surface area (Å²) >= 11 is 0. The number of rotatable bonds is 9. The fourth-order valence-corrected chi connectivity index (χ4v) is 4.09. The average molecular weight is 437 g/mol. The molecule has 1 aromatic heterocycles. The lowest BCUT2D eigenvalue weighted by molar-refractivity contribution is 0.285. The maximum absolute atomic E-state index is 6.16. The molecule has 1 heterocycles. The fraction of sp³-hybridized carbons (Fsp3) is 0.207. The Balaban J connectivity index is 1.24. The Hall–Kier alpha value is -3.79. The van der Waals surface area contributed by atoms with Crippen LogP contribution in [0.4, 0.5) is 0 Å². The number of aromatic nitrogens is 2. The van der Waals surface area contributed by atoms with Crippen LogP contribution in [0.3, 0.4) is 0 Å². The van der Waals surface area contributed by atoms with E-state index in [-0.39, 0.29) is 0 Å². The molecule has 0 spiro atoms. The predicted octanol–water partition coefficient (Wildman–Crippen LogP) is 6.94. The first kappa shape index (κ1) is 21.1. The van der Waals surface area contributed by atoms with Gasteiger partial charge in [-0.2, -0.15) is 0 Å². The van der Waals surface area contributed by atoms with E-state index in [1.165, 1.54) is 16.3 Å². The summed E-state index contributed by atoms with van der Waals surface area (Å²) in [5.74, 6) is 2.74. The molecule has 0 fully saturated rings. The van der Waals surface area contributed by atoms with Crippen LogP contribution in [0.25, 0.3) is 21.8 Å². The van der Waals surface area contributed by atoms with Crippen molar-refractivity contribution < 1.29 is 9.47 Å². The zero-order valence-corrected chi connectivity index (χ0v) is 18.9. The third-order valence-corrected chi connectivity index (χ3v) is 5.89. The number of para-hydroxylation sites is 2. The van der Waals surface area contributed by atoms with Gasteiger partial charge in [-0.15, -0.1) is 0 Å². The highest BCUT2D eigenvalue weighted by atomic mass is 16.5. The smallest absolute Gasteiger partial charge is 0.147 e. The van der Waals surface area contributed by atoms with Crippen LogP contribution < -0.4 is 9.47 Å². The lowest BCUT2D eigenvalue weighted by Gasteiger charge is -2.12. The third kappa shape index (κ3) is 5.01. The summed E-state index contributed by atoms with van der Waals surface area (Å²) in [5.41, 5.74) is 3.40. The van der Waals surface area contributed by atoms with Gasteiger partial charge in [0.05, 0.1) is 17.6 Å². The highest BCUT2D eigenvalue weighted by molar-refractivity contribution is 5.83. The number of fused-ring (bicyclic) bond motifs is 2. The maximum Gasteiger partial charge on any atom is 0.147 e. The number of ether oxygens (including phenoxy) is 2. The van der Waals surface area contributed by atoms with Crippen molar-refractivity contribution in [3.63, 3.8) is 0 Å². The van der Waals surface area contributed by atoms with Crippen LogP contribution >= 0.6 is 0 Å². The standard InChI is InChI=1S/C29H28N2O2/c1-22-12-15-25(16-13-22)32-19-7-6-18-31-28-11-5-4-10-27(28)30-29(31)21-33-26-17-14-23-8-2-3-9-24(23)20-26/h2-5,8-17,20H,6-7,18-19,21H2,1H3. The van der Waals surface area contributed by atoms with Gasteiger partial charge in [-0.25, -0.2) is 4.98 Å². The van der Waals surface area contributed by atoms with E-state index in [2.05, 4.69) is 72.2 Å². The second kappa shape index (κ2) is 9.78. The molecule has 0 aliphatic heterocycles. The van der Waals surface area contributed by atoms with Crippen molar-refractivity contribution in [1.82, 2.24) is 9.55 Å². The molecule has 5 aromatic rings. The molecule has 0 radical (unpaired) electrons. The summed E-state index contributed by atoms with van der Waals surface area (Å²) in [6, 6.07) is 31.0. The summed E-state index contributed by atoms with van der Waals surface area (Å²) in [6.07, 6.45) is 1.99. The number of benzene rings is 4. The molecule has 0 bridgehead atoms. The zero-order chi connectivity index (χ0) is 22.5. The Bertz CT molecular complexity index is 1360. The SMILES string of the molecule is Cc1ccc(OCCCCn2c(COc3ccc4ccccc4c3)nc3ccccc32)cc1. The van der Waals surface area contributed by atoms with Crippen LogP contribution in [-0.4, -0.2) is 16.2 Å². The summed E-state index contributed by atoms with van der Waals surface area (Å²) in [6.45, 7) is 4.11. The quantitative estimate of drug-likeness (QED) is 0.235. The Morgan fingerprint density at radius 3 is 2.36 bits per heavy atom. The third-order valence-electron chi connectivity index (χ3n) is 5.89. The van der Waals surface area contributed by atoms with E-state index in [1.54, 1.807) is 0 Å². The topological polar surface area (TPSA) is 36.3 Å². The average Bonchev–Trinajstić information content (AvgIpc) is 3.21. The van der Waals surface area contributed by atoms with Crippen molar-refractivity contribution in [2.24, 2.45) is 0 Å². The molecule has 0 unspecified atom stereocenters. The second-order valence-electron chi connectivity index (χ2n) is 8.33. The molecule has 0 atom stereocenters. The Morgan fingerprint density at radius 2 is 1.48 bits per heavy atom. The van der Waals surface area contributed by atoms with E-state index in [0.717, 1.165) is 47.7 Å². The molecule has 4 aromatic carbocycles. The molecule has 0 aliphatic carbocycles. The van der Waals surface area contributed by atoms with Gasteiger partial charge in [-0.3, -0.25) is 0 Å². The van der Waals surface area contributed by atoms with Gasteiger partial charge in [-0.1, -0.05) is 60.2 Å². The molecular formula is C29H28N2O2. The molecule has 0 amide bonds. The maximum atomic E-state index is 6.16. The number of imidazole rings is 1. The number of aryl methyl sites for hydroxylation is 2. The minimum Gasteiger partial charge on any atom is -0.494 e. The summed E-state index contributed by atoms with van der Waals surface area (Å²) in [7, 11) is 0. The number of nitrogens with zero attached hydrogens (tertiary/aromatic N) is 2. The lowest BCUT2D eigenvalue weighted by atomic mass is 10.1. The minimum atomic E-state index is 0.437. The van der Waals surface area contributed by atoms with Gasteiger partial charge in [0.1, 0.15) is 23.9 Å². The van der Waals surface area contributed by atoms with E-state index >= 15 is 0 Å². The van der Waals surface area contributed by atoms with Gasteiger partial charge in [0.15, 0.2) is 0 Å². The van der Waals surface area contributed by atoms with Crippen molar-refractivity contribution in [3.8, 4) is 11.5 Å². The van der Waals surface area contributed by atoms with Crippen LogP contribution in [0.2, 0.25) is 0 Å². The molecule has 0 saturated carbocycles. The van der Waals surface area contributed by atoms with Gasteiger partial charge in [0.2, 0.25) is 0 Å². The van der Waals surface area contributed by atoms with Crippen LogP contribution in [0.5, 0.6) is 11.5 Å². The van der Waals surface area contributed by atoms with Crippen LogP contribution in [0.15, 0.2) is 91.0 Å². The van der Waals surface area contributed by atoms with E-state index in [0.29, 0.717) is 13.2 Å². The summed E-state index contributed by atoms with van der Waals surface area (Å²) in [5, 5.41) is 2.39. The van der Waals surface area contributed by atoms with Gasteiger partial charge in [-0.05, 0) is 66.9 Å². The Morgan fingerprint density at radius 1 is 0.727 bits per heavy atom. The Labute approximate surface area is 194 Å². The Kier molecular flexibility index (Phi) is 6.25. The molecule has 4 nitrogen and oxygen atoms in total. The van der Waals surface area contributed by atoms with Gasteiger partial charge < -0.3 is 14.0 Å². The van der Waals surface area contributed by atoms with Crippen LogP contribution in [0, 0.1) is 6.92 Å². The normalized spacial score (nSPS) is 11.2.